The van der Waals surface area contributed by atoms with Crippen LogP contribution in [-0.4, -0.2) is 13.2 Å². The Morgan fingerprint density at radius 1 is 1.27 bits per heavy atom. The first kappa shape index (κ1) is 7.12. The molecule has 0 spiro atoms. The number of hydrogen-bond acceptors (Lipinski definition) is 2. The third-order valence-electron chi connectivity index (χ3n) is 3.08. The van der Waals surface area contributed by atoms with Crippen molar-refractivity contribution in [3.63, 3.8) is 0 Å². The summed E-state index contributed by atoms with van der Waals surface area (Å²) in [5.41, 5.74) is -0.0729. The summed E-state index contributed by atoms with van der Waals surface area (Å²) in [5.74, 6) is 0.640. The lowest BCUT2D eigenvalue weighted by atomic mass is 9.74. The Hall–Kier alpha value is -0.550. The van der Waals surface area contributed by atoms with Crippen LogP contribution in [0.1, 0.15) is 25.7 Å². The second kappa shape index (κ2) is 2.49. The maximum Gasteiger partial charge on any atom is 0.107 e. The fourth-order valence-electron chi connectivity index (χ4n) is 2.19. The van der Waals surface area contributed by atoms with E-state index in [4.69, 9.17) is 10.00 Å². The maximum absolute atomic E-state index is 8.97. The first-order valence-electron chi connectivity index (χ1n) is 4.36. The second-order valence-electron chi connectivity index (χ2n) is 3.74. The number of ether oxygens (including phenoxy) is 1. The van der Waals surface area contributed by atoms with E-state index in [-0.39, 0.29) is 5.41 Å². The fraction of sp³-hybridized carbons (Fsp3) is 0.889. The van der Waals surface area contributed by atoms with Crippen LogP contribution in [-0.2, 0) is 4.74 Å². The van der Waals surface area contributed by atoms with Crippen molar-refractivity contribution in [3.8, 4) is 6.07 Å². The molecule has 1 saturated heterocycles. The van der Waals surface area contributed by atoms with Gasteiger partial charge in [0.05, 0.1) is 19.3 Å². The van der Waals surface area contributed by atoms with Gasteiger partial charge in [-0.3, -0.25) is 0 Å². The van der Waals surface area contributed by atoms with E-state index in [1.54, 1.807) is 0 Å². The summed E-state index contributed by atoms with van der Waals surface area (Å²) in [6.45, 7) is 1.38. The van der Waals surface area contributed by atoms with Gasteiger partial charge in [0.25, 0.3) is 0 Å². The predicted molar refractivity (Wildman–Crippen MR) is 40.8 cm³/mol. The molecule has 2 rings (SSSR count). The Bertz CT molecular complexity index is 184. The van der Waals surface area contributed by atoms with Crippen LogP contribution >= 0.6 is 0 Å². The minimum Gasteiger partial charge on any atom is -0.378 e. The van der Waals surface area contributed by atoms with E-state index in [1.807, 2.05) is 0 Å². The molecule has 1 aliphatic heterocycles. The quantitative estimate of drug-likeness (QED) is 0.571. The molecule has 2 nitrogen and oxygen atoms in total. The van der Waals surface area contributed by atoms with Crippen LogP contribution in [0.4, 0.5) is 0 Å². The summed E-state index contributed by atoms with van der Waals surface area (Å²) in [5, 5.41) is 8.97. The zero-order valence-electron chi connectivity index (χ0n) is 6.68. The van der Waals surface area contributed by atoms with Crippen molar-refractivity contribution in [1.82, 2.24) is 0 Å². The van der Waals surface area contributed by atoms with Crippen LogP contribution in [0.2, 0.25) is 0 Å². The van der Waals surface area contributed by atoms with Crippen molar-refractivity contribution in [2.45, 2.75) is 25.7 Å². The Labute approximate surface area is 67.2 Å². The molecule has 2 fully saturated rings. The normalized spacial score (nSPS) is 29.4. The van der Waals surface area contributed by atoms with E-state index in [0.717, 1.165) is 0 Å². The van der Waals surface area contributed by atoms with Gasteiger partial charge in [-0.15, -0.1) is 0 Å². The SMILES string of the molecule is N#CC1(C2CCCC2)COC1. The molecule has 1 saturated carbocycles. The molecule has 0 aromatic heterocycles. The standard InChI is InChI=1S/C9H13NO/c10-5-9(6-11-7-9)8-3-1-2-4-8/h8H,1-4,6-7H2. The molecule has 0 aromatic rings. The monoisotopic (exact) mass is 151 g/mol. The van der Waals surface area contributed by atoms with Crippen LogP contribution in [0.3, 0.4) is 0 Å². The van der Waals surface area contributed by atoms with Crippen LogP contribution in [0.25, 0.3) is 0 Å². The van der Waals surface area contributed by atoms with E-state index in [0.29, 0.717) is 19.1 Å². The molecular weight excluding hydrogens is 138 g/mol. The van der Waals surface area contributed by atoms with Crippen molar-refractivity contribution in [3.05, 3.63) is 0 Å². The summed E-state index contributed by atoms with van der Waals surface area (Å²) in [6.07, 6.45) is 5.12. The van der Waals surface area contributed by atoms with Crippen molar-refractivity contribution >= 4 is 0 Å². The molecule has 0 aromatic carbocycles. The van der Waals surface area contributed by atoms with Gasteiger partial charge in [-0.05, 0) is 18.8 Å². The zero-order chi connectivity index (χ0) is 7.73. The molecular formula is C9H13NO. The van der Waals surface area contributed by atoms with E-state index in [2.05, 4.69) is 6.07 Å². The maximum atomic E-state index is 8.97. The molecule has 1 heterocycles. The van der Waals surface area contributed by atoms with Gasteiger partial charge in [-0.2, -0.15) is 5.26 Å². The van der Waals surface area contributed by atoms with Gasteiger partial charge in [0.15, 0.2) is 0 Å². The molecule has 1 aliphatic carbocycles. The highest BCUT2D eigenvalue weighted by Gasteiger charge is 2.46. The second-order valence-corrected chi connectivity index (χ2v) is 3.74. The third kappa shape index (κ3) is 0.954. The zero-order valence-corrected chi connectivity index (χ0v) is 6.68. The summed E-state index contributed by atoms with van der Waals surface area (Å²) in [6, 6.07) is 2.43. The largest absolute Gasteiger partial charge is 0.378 e. The number of hydrogen-bond donors (Lipinski definition) is 0. The molecule has 2 aliphatic rings. The van der Waals surface area contributed by atoms with Crippen LogP contribution in [0.15, 0.2) is 0 Å². The predicted octanol–water partition coefficient (Wildman–Crippen LogP) is 1.72. The van der Waals surface area contributed by atoms with Gasteiger partial charge in [-0.25, -0.2) is 0 Å². The molecule has 0 N–H and O–H groups in total. The van der Waals surface area contributed by atoms with E-state index in [1.165, 1.54) is 25.7 Å². The fourth-order valence-corrected chi connectivity index (χ4v) is 2.19. The first-order valence-corrected chi connectivity index (χ1v) is 4.36. The van der Waals surface area contributed by atoms with E-state index >= 15 is 0 Å². The Morgan fingerprint density at radius 2 is 1.91 bits per heavy atom. The van der Waals surface area contributed by atoms with Gasteiger partial charge < -0.3 is 4.74 Å². The molecule has 0 bridgehead atoms. The smallest absolute Gasteiger partial charge is 0.107 e. The highest BCUT2D eigenvalue weighted by Crippen LogP contribution is 2.44. The van der Waals surface area contributed by atoms with Gasteiger partial charge in [-0.1, -0.05) is 12.8 Å². The summed E-state index contributed by atoms with van der Waals surface area (Å²) in [7, 11) is 0. The average Bonchev–Trinajstić information content (AvgIpc) is 2.39. The van der Waals surface area contributed by atoms with Gasteiger partial charge in [0.1, 0.15) is 5.41 Å². The Morgan fingerprint density at radius 3 is 2.27 bits per heavy atom. The van der Waals surface area contributed by atoms with E-state index < -0.39 is 0 Å². The number of rotatable bonds is 1. The van der Waals surface area contributed by atoms with Crippen molar-refractivity contribution in [2.75, 3.05) is 13.2 Å². The molecule has 0 unspecified atom stereocenters. The lowest BCUT2D eigenvalue weighted by Gasteiger charge is -2.39. The summed E-state index contributed by atoms with van der Waals surface area (Å²) >= 11 is 0. The molecule has 0 amide bonds. The number of nitrogens with zero attached hydrogens (tertiary/aromatic N) is 1. The van der Waals surface area contributed by atoms with Crippen molar-refractivity contribution < 1.29 is 4.74 Å². The highest BCUT2D eigenvalue weighted by molar-refractivity contribution is 5.08. The van der Waals surface area contributed by atoms with Crippen LogP contribution in [0.5, 0.6) is 0 Å². The van der Waals surface area contributed by atoms with Gasteiger partial charge in [0.2, 0.25) is 0 Å². The lowest BCUT2D eigenvalue weighted by molar-refractivity contribution is -0.108. The van der Waals surface area contributed by atoms with Gasteiger partial charge >= 0.3 is 0 Å². The Kier molecular flexibility index (Phi) is 1.61. The highest BCUT2D eigenvalue weighted by atomic mass is 16.5. The molecule has 60 valence electrons. The molecule has 0 radical (unpaired) electrons. The van der Waals surface area contributed by atoms with Crippen LogP contribution < -0.4 is 0 Å². The minimum atomic E-state index is -0.0729. The van der Waals surface area contributed by atoms with Gasteiger partial charge in [0, 0.05) is 0 Å². The summed E-state index contributed by atoms with van der Waals surface area (Å²) in [4.78, 5) is 0. The molecule has 0 atom stereocenters. The topological polar surface area (TPSA) is 33.0 Å². The van der Waals surface area contributed by atoms with Crippen molar-refractivity contribution in [2.24, 2.45) is 11.3 Å². The third-order valence-corrected chi connectivity index (χ3v) is 3.08. The minimum absolute atomic E-state index is 0.0729. The average molecular weight is 151 g/mol. The lowest BCUT2D eigenvalue weighted by Crippen LogP contribution is -2.46. The Balaban J connectivity index is 2.06. The molecule has 11 heavy (non-hydrogen) atoms. The first-order chi connectivity index (χ1) is 5.37. The molecule has 2 heteroatoms. The van der Waals surface area contributed by atoms with Crippen molar-refractivity contribution in [1.29, 1.82) is 5.26 Å². The van der Waals surface area contributed by atoms with E-state index in [9.17, 15) is 0 Å². The summed E-state index contributed by atoms with van der Waals surface area (Å²) < 4.78 is 5.12. The number of nitriles is 1. The van der Waals surface area contributed by atoms with Crippen LogP contribution in [0, 0.1) is 22.7 Å².